The number of furan rings is 1. The highest BCUT2D eigenvalue weighted by Gasteiger charge is 2.34. The lowest BCUT2D eigenvalue weighted by atomic mass is 9.91. The first-order chi connectivity index (χ1) is 16.6. The molecule has 6 rings (SSSR count). The molecule has 0 spiro atoms. The van der Waals surface area contributed by atoms with Crippen LogP contribution in [0, 0.1) is 5.92 Å². The van der Waals surface area contributed by atoms with Crippen molar-refractivity contribution >= 4 is 23.1 Å². The number of hydrogen-bond acceptors (Lipinski definition) is 9. The smallest absolute Gasteiger partial charge is 0.256 e. The van der Waals surface area contributed by atoms with Crippen LogP contribution in [0.2, 0.25) is 0 Å². The van der Waals surface area contributed by atoms with Crippen molar-refractivity contribution in [2.24, 2.45) is 5.92 Å². The van der Waals surface area contributed by atoms with Gasteiger partial charge in [-0.05, 0) is 37.1 Å². The van der Waals surface area contributed by atoms with Crippen molar-refractivity contribution in [1.29, 1.82) is 0 Å². The highest BCUT2D eigenvalue weighted by atomic mass is 16.5. The van der Waals surface area contributed by atoms with E-state index in [2.05, 4.69) is 19.9 Å². The second-order valence-electron chi connectivity index (χ2n) is 9.09. The monoisotopic (exact) mass is 460 g/mol. The zero-order valence-electron chi connectivity index (χ0n) is 18.9. The number of nitrogens with zero attached hydrogens (tertiary/aromatic N) is 6. The van der Waals surface area contributed by atoms with E-state index in [1.54, 1.807) is 16.8 Å². The molecule has 2 aliphatic rings. The summed E-state index contributed by atoms with van der Waals surface area (Å²) in [6, 6.07) is 13.6. The molecule has 5 heterocycles. The molecule has 0 saturated carbocycles. The van der Waals surface area contributed by atoms with Gasteiger partial charge in [-0.2, -0.15) is 14.5 Å². The van der Waals surface area contributed by atoms with Crippen LogP contribution in [0.5, 0.6) is 5.75 Å². The minimum Gasteiger partial charge on any atom is -0.493 e. The molecular formula is C24H28N8O2. The Labute approximate surface area is 197 Å². The first-order valence-corrected chi connectivity index (χ1v) is 11.7. The van der Waals surface area contributed by atoms with Gasteiger partial charge in [0.1, 0.15) is 17.4 Å². The first kappa shape index (κ1) is 20.8. The van der Waals surface area contributed by atoms with Crippen molar-refractivity contribution in [1.82, 2.24) is 24.5 Å². The van der Waals surface area contributed by atoms with Gasteiger partial charge in [0.15, 0.2) is 5.76 Å². The van der Waals surface area contributed by atoms with Crippen molar-refractivity contribution in [3.05, 3.63) is 48.7 Å². The minimum absolute atomic E-state index is 0.477. The average Bonchev–Trinajstić information content (AvgIpc) is 3.53. The summed E-state index contributed by atoms with van der Waals surface area (Å²) in [6.07, 6.45) is 3.87. The maximum atomic E-state index is 6.30. The van der Waals surface area contributed by atoms with Crippen molar-refractivity contribution in [2.75, 3.05) is 49.2 Å². The Kier molecular flexibility index (Phi) is 5.21. The summed E-state index contributed by atoms with van der Waals surface area (Å²) in [5.74, 6) is 4.26. The highest BCUT2D eigenvalue weighted by molar-refractivity contribution is 5.57. The Hall–Kier alpha value is -3.79. The van der Waals surface area contributed by atoms with Crippen LogP contribution in [0.15, 0.2) is 53.1 Å². The lowest BCUT2D eigenvalue weighted by molar-refractivity contribution is 0.0728. The van der Waals surface area contributed by atoms with E-state index in [0.717, 1.165) is 62.9 Å². The van der Waals surface area contributed by atoms with Crippen molar-refractivity contribution in [3.63, 3.8) is 0 Å². The average molecular weight is 461 g/mol. The Bertz CT molecular complexity index is 1290. The topological polar surface area (TPSA) is 124 Å². The van der Waals surface area contributed by atoms with E-state index in [9.17, 15) is 0 Å². The second-order valence-corrected chi connectivity index (χ2v) is 9.09. The van der Waals surface area contributed by atoms with E-state index >= 15 is 0 Å². The molecule has 10 nitrogen and oxygen atoms in total. The van der Waals surface area contributed by atoms with Gasteiger partial charge in [-0.1, -0.05) is 6.07 Å². The van der Waals surface area contributed by atoms with Crippen LogP contribution >= 0.6 is 0 Å². The van der Waals surface area contributed by atoms with Gasteiger partial charge in [0, 0.05) is 56.0 Å². The molecule has 0 amide bonds. The highest BCUT2D eigenvalue weighted by Crippen LogP contribution is 2.29. The Morgan fingerprint density at radius 3 is 2.82 bits per heavy atom. The predicted molar refractivity (Wildman–Crippen MR) is 130 cm³/mol. The molecule has 4 aromatic rings. The third kappa shape index (κ3) is 4.01. The number of benzene rings is 1. The summed E-state index contributed by atoms with van der Waals surface area (Å²) in [7, 11) is 0. The molecular weight excluding hydrogens is 432 g/mol. The maximum absolute atomic E-state index is 6.30. The summed E-state index contributed by atoms with van der Waals surface area (Å²) in [4.78, 5) is 14.2. The molecule has 0 radical (unpaired) electrons. The Morgan fingerprint density at radius 1 is 1.03 bits per heavy atom. The molecule has 0 aliphatic carbocycles. The molecule has 0 bridgehead atoms. The number of piperidine rings is 1. The number of ether oxygens (including phenoxy) is 1. The van der Waals surface area contributed by atoms with Gasteiger partial charge in [-0.15, -0.1) is 5.10 Å². The van der Waals surface area contributed by atoms with E-state index in [1.807, 2.05) is 36.4 Å². The third-order valence-electron chi connectivity index (χ3n) is 6.74. The predicted octanol–water partition coefficient (Wildman–Crippen LogP) is 2.53. The number of anilines is 3. The third-order valence-corrected chi connectivity index (χ3v) is 6.74. The van der Waals surface area contributed by atoms with Crippen molar-refractivity contribution in [2.45, 2.75) is 18.9 Å². The number of nitrogen functional groups attached to an aromatic ring is 2. The van der Waals surface area contributed by atoms with Gasteiger partial charge in [0.25, 0.3) is 5.78 Å². The lowest BCUT2D eigenvalue weighted by Gasteiger charge is -2.46. The zero-order chi connectivity index (χ0) is 23.1. The summed E-state index contributed by atoms with van der Waals surface area (Å²) in [5.41, 5.74) is 12.9. The molecule has 2 aliphatic heterocycles. The van der Waals surface area contributed by atoms with Gasteiger partial charge in [0.05, 0.1) is 12.9 Å². The molecule has 2 fully saturated rings. The molecule has 1 aromatic carbocycles. The van der Waals surface area contributed by atoms with Gasteiger partial charge >= 0.3 is 0 Å². The lowest BCUT2D eigenvalue weighted by Crippen LogP contribution is -2.57. The summed E-state index contributed by atoms with van der Waals surface area (Å²) < 4.78 is 13.0. The summed E-state index contributed by atoms with van der Waals surface area (Å²) >= 11 is 0. The summed E-state index contributed by atoms with van der Waals surface area (Å²) in [6.45, 7) is 4.56. The number of nitrogens with two attached hydrogens (primary N) is 2. The molecule has 2 atom stereocenters. The fourth-order valence-electron chi connectivity index (χ4n) is 4.97. The molecule has 2 unspecified atom stereocenters. The maximum Gasteiger partial charge on any atom is 0.256 e. The van der Waals surface area contributed by atoms with Crippen LogP contribution in [-0.2, 0) is 0 Å². The molecule has 10 heteroatoms. The molecule has 2 saturated heterocycles. The number of rotatable bonds is 5. The quantitative estimate of drug-likeness (QED) is 0.432. The Balaban J connectivity index is 1.11. The fourth-order valence-corrected chi connectivity index (χ4v) is 4.97. The van der Waals surface area contributed by atoms with Crippen LogP contribution in [-0.4, -0.2) is 63.3 Å². The van der Waals surface area contributed by atoms with Gasteiger partial charge < -0.3 is 25.5 Å². The van der Waals surface area contributed by atoms with Crippen LogP contribution in [0.25, 0.3) is 17.4 Å². The number of aromatic nitrogens is 4. The summed E-state index contributed by atoms with van der Waals surface area (Å²) in [5, 5.41) is 4.44. The Morgan fingerprint density at radius 2 is 1.97 bits per heavy atom. The van der Waals surface area contributed by atoms with Crippen molar-refractivity contribution < 1.29 is 9.15 Å². The van der Waals surface area contributed by atoms with E-state index in [4.69, 9.17) is 25.6 Å². The van der Waals surface area contributed by atoms with E-state index in [0.29, 0.717) is 35.1 Å². The number of hydrogen-bond donors (Lipinski definition) is 2. The molecule has 176 valence electrons. The van der Waals surface area contributed by atoms with Gasteiger partial charge in [-0.3, -0.25) is 4.90 Å². The standard InChI is InChI=1S/C24H28N8O2/c25-17-3-1-4-19(11-17)34-15-16-6-7-18-14-31(9-8-30(18)13-16)22-12-21(26)32-24(27-22)28-23(29-32)20-5-2-10-33-20/h1-5,10-12,16,18H,6-9,13-15,25-26H2. The fraction of sp³-hybridized carbons (Fsp3) is 0.375. The van der Waals surface area contributed by atoms with E-state index < -0.39 is 0 Å². The van der Waals surface area contributed by atoms with Crippen LogP contribution in [0.4, 0.5) is 17.3 Å². The van der Waals surface area contributed by atoms with Crippen LogP contribution in [0.1, 0.15) is 12.8 Å². The first-order valence-electron chi connectivity index (χ1n) is 11.7. The molecule has 4 N–H and O–H groups in total. The van der Waals surface area contributed by atoms with Crippen molar-refractivity contribution in [3.8, 4) is 17.3 Å². The number of piperazine rings is 1. The van der Waals surface area contributed by atoms with E-state index in [-0.39, 0.29) is 0 Å². The van der Waals surface area contributed by atoms with E-state index in [1.165, 1.54) is 0 Å². The minimum atomic E-state index is 0.477. The molecule has 34 heavy (non-hydrogen) atoms. The SMILES string of the molecule is Nc1cccc(OCC2CCC3CN(c4cc(N)n5nc(-c6ccco6)nc5n4)CCN3C2)c1. The van der Waals surface area contributed by atoms with Gasteiger partial charge in [-0.25, -0.2) is 0 Å². The number of fused-ring (bicyclic) bond motifs is 2. The molecule has 3 aromatic heterocycles. The van der Waals surface area contributed by atoms with Gasteiger partial charge in [0.2, 0.25) is 5.82 Å². The second kappa shape index (κ2) is 8.53. The normalized spacial score (nSPS) is 21.0. The van der Waals surface area contributed by atoms with Crippen LogP contribution < -0.4 is 21.1 Å². The van der Waals surface area contributed by atoms with Crippen LogP contribution in [0.3, 0.4) is 0 Å². The zero-order valence-corrected chi connectivity index (χ0v) is 18.9. The largest absolute Gasteiger partial charge is 0.493 e.